The highest BCUT2D eigenvalue weighted by Gasteiger charge is 2.50. The number of Topliss-reactive ketones (excluding diaryl/α,β-unsaturated/α-hetero) is 1. The second kappa shape index (κ2) is 4.95. The average Bonchev–Trinajstić information content (AvgIpc) is 2.90. The molecule has 3 aliphatic rings. The van der Waals surface area contributed by atoms with Crippen molar-refractivity contribution in [1.29, 1.82) is 0 Å². The van der Waals surface area contributed by atoms with Gasteiger partial charge in [0.05, 0.1) is 18.9 Å². The molecule has 0 aromatic heterocycles. The number of ether oxygens (including phenoxy) is 2. The number of esters is 1. The van der Waals surface area contributed by atoms with Crippen LogP contribution in [-0.4, -0.2) is 29.1 Å². The first-order valence-corrected chi connectivity index (χ1v) is 7.49. The summed E-state index contributed by atoms with van der Waals surface area (Å²) in [6.07, 6.45) is -1.11. The van der Waals surface area contributed by atoms with Crippen molar-refractivity contribution in [2.75, 3.05) is 0 Å². The van der Waals surface area contributed by atoms with Crippen LogP contribution in [0.4, 0.5) is 0 Å². The van der Waals surface area contributed by atoms with Crippen LogP contribution in [0.25, 0.3) is 0 Å². The van der Waals surface area contributed by atoms with Crippen LogP contribution in [0.1, 0.15) is 30.9 Å². The van der Waals surface area contributed by atoms with Gasteiger partial charge < -0.3 is 14.6 Å². The van der Waals surface area contributed by atoms with Gasteiger partial charge in [-0.05, 0) is 5.56 Å². The van der Waals surface area contributed by atoms with Crippen molar-refractivity contribution < 1.29 is 24.2 Å². The second-order valence-corrected chi connectivity index (χ2v) is 6.02. The lowest BCUT2D eigenvalue weighted by Gasteiger charge is -2.37. The highest BCUT2D eigenvalue weighted by molar-refractivity contribution is 5.98. The average molecular weight is 300 g/mol. The molecule has 2 heterocycles. The van der Waals surface area contributed by atoms with E-state index in [0.29, 0.717) is 11.3 Å². The number of carbonyl (C=O) groups is 2. The first-order valence-electron chi connectivity index (χ1n) is 7.49. The Morgan fingerprint density at radius 3 is 2.55 bits per heavy atom. The third kappa shape index (κ3) is 2.04. The van der Waals surface area contributed by atoms with E-state index in [2.05, 4.69) is 0 Å². The van der Waals surface area contributed by atoms with Crippen molar-refractivity contribution in [2.24, 2.45) is 5.92 Å². The summed E-state index contributed by atoms with van der Waals surface area (Å²) < 4.78 is 11.1. The Morgan fingerprint density at radius 1 is 1.00 bits per heavy atom. The van der Waals surface area contributed by atoms with E-state index in [0.717, 1.165) is 5.56 Å². The van der Waals surface area contributed by atoms with Crippen LogP contribution in [0.3, 0.4) is 0 Å². The molecule has 1 N–H and O–H groups in total. The number of rotatable bonds is 1. The highest BCUT2D eigenvalue weighted by atomic mass is 16.6. The topological polar surface area (TPSA) is 72.8 Å². The number of aliphatic hydroxyl groups is 1. The van der Waals surface area contributed by atoms with Crippen LogP contribution >= 0.6 is 0 Å². The van der Waals surface area contributed by atoms with Crippen LogP contribution in [-0.2, 0) is 19.1 Å². The van der Waals surface area contributed by atoms with E-state index >= 15 is 0 Å². The maximum absolute atomic E-state index is 12.6. The summed E-state index contributed by atoms with van der Waals surface area (Å²) in [5.74, 6) is -0.205. The van der Waals surface area contributed by atoms with Crippen LogP contribution < -0.4 is 0 Å². The molecule has 0 radical (unpaired) electrons. The third-order valence-corrected chi connectivity index (χ3v) is 4.62. The molecule has 0 amide bonds. The van der Waals surface area contributed by atoms with Gasteiger partial charge in [0.15, 0.2) is 5.78 Å². The number of aliphatic hydroxyl groups excluding tert-OH is 1. The maximum atomic E-state index is 12.6. The van der Waals surface area contributed by atoms with Gasteiger partial charge in [-0.15, -0.1) is 0 Å². The van der Waals surface area contributed by atoms with E-state index in [1.165, 1.54) is 0 Å². The number of ketones is 1. The monoisotopic (exact) mass is 300 g/mol. The van der Waals surface area contributed by atoms with Gasteiger partial charge in [0.2, 0.25) is 0 Å². The van der Waals surface area contributed by atoms with Gasteiger partial charge in [0.25, 0.3) is 0 Å². The molecule has 1 aromatic carbocycles. The minimum atomic E-state index is -0.808. The van der Waals surface area contributed by atoms with Gasteiger partial charge in [-0.3, -0.25) is 9.59 Å². The van der Waals surface area contributed by atoms with Crippen molar-refractivity contribution in [1.82, 2.24) is 0 Å². The molecule has 5 heteroatoms. The molecule has 0 bridgehead atoms. The summed E-state index contributed by atoms with van der Waals surface area (Å²) in [5, 5.41) is 10.2. The smallest absolute Gasteiger partial charge is 0.306 e. The molecule has 22 heavy (non-hydrogen) atoms. The Balaban J connectivity index is 1.69. The van der Waals surface area contributed by atoms with Crippen LogP contribution in [0.15, 0.2) is 41.7 Å². The Hall–Kier alpha value is -2.14. The lowest BCUT2D eigenvalue weighted by molar-refractivity contribution is -0.147. The highest BCUT2D eigenvalue weighted by Crippen LogP contribution is 2.45. The number of carbonyl (C=O) groups excluding carboxylic acids is 2. The van der Waals surface area contributed by atoms with E-state index in [-0.39, 0.29) is 43.0 Å². The van der Waals surface area contributed by atoms with E-state index in [1.807, 2.05) is 30.3 Å². The maximum Gasteiger partial charge on any atom is 0.306 e. The van der Waals surface area contributed by atoms with Gasteiger partial charge in [0.1, 0.15) is 18.0 Å². The summed E-state index contributed by atoms with van der Waals surface area (Å²) in [4.78, 5) is 24.1. The van der Waals surface area contributed by atoms with E-state index in [1.54, 1.807) is 0 Å². The first kappa shape index (κ1) is 13.5. The number of hydrogen-bond acceptors (Lipinski definition) is 5. The van der Waals surface area contributed by atoms with E-state index in [4.69, 9.17) is 9.47 Å². The molecule has 0 saturated carbocycles. The second-order valence-electron chi connectivity index (χ2n) is 6.02. The van der Waals surface area contributed by atoms with Gasteiger partial charge in [-0.2, -0.15) is 0 Å². The first-order chi connectivity index (χ1) is 10.6. The SMILES string of the molecule is O=C1CC2C3=C(CC(O)C2O1)OC(c1ccccc1)CC3=O. The van der Waals surface area contributed by atoms with Crippen LogP contribution in [0.5, 0.6) is 0 Å². The molecule has 1 fully saturated rings. The predicted molar refractivity (Wildman–Crippen MR) is 75.5 cm³/mol. The summed E-state index contributed by atoms with van der Waals surface area (Å²) in [7, 11) is 0. The van der Waals surface area contributed by atoms with Crippen molar-refractivity contribution in [3.63, 3.8) is 0 Å². The minimum Gasteiger partial charge on any atom is -0.489 e. The molecule has 1 aliphatic carbocycles. The Kier molecular flexibility index (Phi) is 3.04. The zero-order valence-electron chi connectivity index (χ0n) is 11.9. The third-order valence-electron chi connectivity index (χ3n) is 4.62. The van der Waals surface area contributed by atoms with Crippen LogP contribution in [0.2, 0.25) is 0 Å². The molecule has 5 nitrogen and oxygen atoms in total. The summed E-state index contributed by atoms with van der Waals surface area (Å²) >= 11 is 0. The number of hydrogen-bond donors (Lipinski definition) is 1. The van der Waals surface area contributed by atoms with E-state index in [9.17, 15) is 14.7 Å². The molecule has 4 unspecified atom stereocenters. The summed E-state index contributed by atoms with van der Waals surface area (Å²) in [6, 6.07) is 9.57. The van der Waals surface area contributed by atoms with E-state index < -0.39 is 12.2 Å². The van der Waals surface area contributed by atoms with Gasteiger partial charge in [0, 0.05) is 17.9 Å². The van der Waals surface area contributed by atoms with Gasteiger partial charge in [-0.25, -0.2) is 0 Å². The van der Waals surface area contributed by atoms with Crippen molar-refractivity contribution >= 4 is 11.8 Å². The molecule has 114 valence electrons. The predicted octanol–water partition coefficient (Wildman–Crippen LogP) is 1.67. The number of benzene rings is 1. The normalized spacial score (nSPS) is 33.9. The molecule has 1 aromatic rings. The Bertz CT molecular complexity index is 663. The molecule has 2 aliphatic heterocycles. The van der Waals surface area contributed by atoms with Crippen molar-refractivity contribution in [3.8, 4) is 0 Å². The summed E-state index contributed by atoms with van der Waals surface area (Å²) in [6.45, 7) is 0. The lowest BCUT2D eigenvalue weighted by atomic mass is 9.77. The number of fused-ring (bicyclic) bond motifs is 2. The molecule has 4 atom stereocenters. The Morgan fingerprint density at radius 2 is 1.77 bits per heavy atom. The molecule has 0 spiro atoms. The standard InChI is InChI=1S/C17H16O5/c18-11-7-13(9-4-2-1-3-5-9)21-14-8-12(19)17-10(16(11)14)6-15(20)22-17/h1-5,10,12-13,17,19H,6-8H2. The van der Waals surface area contributed by atoms with Crippen molar-refractivity contribution in [3.05, 3.63) is 47.2 Å². The Labute approximate surface area is 127 Å². The lowest BCUT2D eigenvalue weighted by Crippen LogP contribution is -2.41. The molecular formula is C17H16O5. The minimum absolute atomic E-state index is 0.00435. The molecule has 4 rings (SSSR count). The summed E-state index contributed by atoms with van der Waals surface area (Å²) in [5.41, 5.74) is 1.49. The van der Waals surface area contributed by atoms with Gasteiger partial charge in [-0.1, -0.05) is 30.3 Å². The fraction of sp³-hybridized carbons (Fsp3) is 0.412. The van der Waals surface area contributed by atoms with Crippen LogP contribution in [0, 0.1) is 5.92 Å². The van der Waals surface area contributed by atoms with Gasteiger partial charge >= 0.3 is 5.97 Å². The zero-order chi connectivity index (χ0) is 15.3. The largest absolute Gasteiger partial charge is 0.489 e. The molecular weight excluding hydrogens is 284 g/mol. The van der Waals surface area contributed by atoms with Crippen molar-refractivity contribution in [2.45, 2.75) is 37.6 Å². The molecule has 1 saturated heterocycles. The fourth-order valence-corrected chi connectivity index (χ4v) is 3.63. The quantitative estimate of drug-likeness (QED) is 0.799. The fourth-order valence-electron chi connectivity index (χ4n) is 3.63. The zero-order valence-corrected chi connectivity index (χ0v) is 11.9.